The molecule has 0 saturated heterocycles. The Hall–Kier alpha value is -0.430. The molecule has 0 saturated carbocycles. The van der Waals surface area contributed by atoms with Gasteiger partial charge in [-0.25, -0.2) is 9.78 Å². The monoisotopic (exact) mass is 337 g/mol. The minimum absolute atomic E-state index is 0.0907. The normalized spacial score (nSPS) is 10.7. The maximum Gasteiger partial charge on any atom is 0.356 e. The highest BCUT2D eigenvalue weighted by atomic mass is 79.9. The van der Waals surface area contributed by atoms with Gasteiger partial charge in [0.15, 0.2) is 5.69 Å². The van der Waals surface area contributed by atoms with Gasteiger partial charge in [-0.15, -0.1) is 22.7 Å². The van der Waals surface area contributed by atoms with Crippen LogP contribution in [-0.4, -0.2) is 16.1 Å². The molecule has 0 unspecified atom stereocenters. The number of carboxylic acids is 1. The van der Waals surface area contributed by atoms with Crippen LogP contribution >= 0.6 is 50.2 Å². The summed E-state index contributed by atoms with van der Waals surface area (Å²) in [5.41, 5.74) is 0.0907. The maximum atomic E-state index is 11.0. The van der Waals surface area contributed by atoms with Crippen LogP contribution in [0, 0.1) is 6.92 Å². The summed E-state index contributed by atoms with van der Waals surface area (Å²) in [6.45, 7) is 1.78. The SMILES string of the molecule is Cc1nc(C(=O)O)c(-c2cc(Br)c(Cl)s2)s1. The summed E-state index contributed by atoms with van der Waals surface area (Å²) in [6, 6.07) is 1.81. The second-order valence-electron chi connectivity index (χ2n) is 2.95. The molecule has 0 bridgehead atoms. The molecule has 0 aliphatic carbocycles. The lowest BCUT2D eigenvalue weighted by Gasteiger charge is -1.92. The molecule has 0 radical (unpaired) electrons. The molecule has 0 aliphatic rings. The zero-order valence-corrected chi connectivity index (χ0v) is 11.9. The first-order chi connectivity index (χ1) is 7.49. The molecular weight excluding hydrogens is 334 g/mol. The molecule has 2 rings (SSSR count). The molecule has 2 aromatic rings. The van der Waals surface area contributed by atoms with Crippen molar-refractivity contribution in [1.29, 1.82) is 0 Å². The fraction of sp³-hybridized carbons (Fsp3) is 0.111. The van der Waals surface area contributed by atoms with E-state index in [-0.39, 0.29) is 5.69 Å². The van der Waals surface area contributed by atoms with Crippen molar-refractivity contribution in [2.45, 2.75) is 6.92 Å². The minimum Gasteiger partial charge on any atom is -0.476 e. The molecule has 0 spiro atoms. The van der Waals surface area contributed by atoms with Gasteiger partial charge < -0.3 is 5.11 Å². The molecule has 16 heavy (non-hydrogen) atoms. The smallest absolute Gasteiger partial charge is 0.356 e. The molecule has 2 aromatic heterocycles. The zero-order valence-electron chi connectivity index (χ0n) is 7.95. The Balaban J connectivity index is 2.59. The number of thiazole rings is 1. The molecule has 0 aliphatic heterocycles. The van der Waals surface area contributed by atoms with Gasteiger partial charge in [0.1, 0.15) is 4.34 Å². The van der Waals surface area contributed by atoms with E-state index in [4.69, 9.17) is 16.7 Å². The number of hydrogen-bond acceptors (Lipinski definition) is 4. The first-order valence-electron chi connectivity index (χ1n) is 4.15. The third-order valence-corrected chi connectivity index (χ3v) is 5.43. The van der Waals surface area contributed by atoms with E-state index < -0.39 is 5.97 Å². The molecule has 1 N–H and O–H groups in total. The number of rotatable bonds is 2. The summed E-state index contributed by atoms with van der Waals surface area (Å²) in [5, 5.41) is 9.75. The van der Waals surface area contributed by atoms with Crippen molar-refractivity contribution in [3.63, 3.8) is 0 Å². The van der Waals surface area contributed by atoms with E-state index in [1.807, 2.05) is 6.07 Å². The predicted molar refractivity (Wildman–Crippen MR) is 69.8 cm³/mol. The van der Waals surface area contributed by atoms with Gasteiger partial charge in [0.05, 0.1) is 9.88 Å². The molecule has 0 aromatic carbocycles. The lowest BCUT2D eigenvalue weighted by atomic mass is 10.3. The van der Waals surface area contributed by atoms with E-state index >= 15 is 0 Å². The summed E-state index contributed by atoms with van der Waals surface area (Å²) in [4.78, 5) is 16.5. The Morgan fingerprint density at radius 2 is 2.25 bits per heavy atom. The molecule has 2 heterocycles. The van der Waals surface area contributed by atoms with E-state index in [1.165, 1.54) is 22.7 Å². The van der Waals surface area contributed by atoms with Crippen molar-refractivity contribution < 1.29 is 9.90 Å². The third kappa shape index (κ3) is 2.15. The fourth-order valence-electron chi connectivity index (χ4n) is 1.20. The quantitative estimate of drug-likeness (QED) is 0.888. The average molecular weight is 339 g/mol. The van der Waals surface area contributed by atoms with Crippen LogP contribution in [0.3, 0.4) is 0 Å². The number of nitrogens with zero attached hydrogens (tertiary/aromatic N) is 1. The van der Waals surface area contributed by atoms with Gasteiger partial charge >= 0.3 is 5.97 Å². The topological polar surface area (TPSA) is 50.2 Å². The van der Waals surface area contributed by atoms with E-state index in [0.717, 1.165) is 14.4 Å². The lowest BCUT2D eigenvalue weighted by Crippen LogP contribution is -1.98. The summed E-state index contributed by atoms with van der Waals surface area (Å²) in [7, 11) is 0. The highest BCUT2D eigenvalue weighted by Crippen LogP contribution is 2.41. The molecule has 0 fully saturated rings. The van der Waals surface area contributed by atoms with Crippen molar-refractivity contribution in [2.24, 2.45) is 0 Å². The Morgan fingerprint density at radius 1 is 1.56 bits per heavy atom. The van der Waals surface area contributed by atoms with Crippen LogP contribution in [0.2, 0.25) is 4.34 Å². The Kier molecular flexibility index (Phi) is 3.34. The molecular formula is C9H5BrClNO2S2. The Morgan fingerprint density at radius 3 is 2.75 bits per heavy atom. The van der Waals surface area contributed by atoms with Crippen molar-refractivity contribution in [3.8, 4) is 9.75 Å². The highest BCUT2D eigenvalue weighted by molar-refractivity contribution is 9.10. The van der Waals surface area contributed by atoms with Crippen molar-refractivity contribution in [2.75, 3.05) is 0 Å². The first kappa shape index (κ1) is 12.0. The van der Waals surface area contributed by atoms with E-state index in [2.05, 4.69) is 20.9 Å². The van der Waals surface area contributed by atoms with Gasteiger partial charge in [-0.05, 0) is 28.9 Å². The van der Waals surface area contributed by atoms with Crippen LogP contribution in [-0.2, 0) is 0 Å². The minimum atomic E-state index is -1.01. The van der Waals surface area contributed by atoms with Gasteiger partial charge in [0, 0.05) is 9.35 Å². The number of aryl methyl sites for hydroxylation is 1. The summed E-state index contributed by atoms with van der Waals surface area (Å²) < 4.78 is 1.38. The highest BCUT2D eigenvalue weighted by Gasteiger charge is 2.19. The second kappa shape index (κ2) is 4.44. The van der Waals surface area contributed by atoms with Crippen LogP contribution in [0.15, 0.2) is 10.5 Å². The fourth-order valence-corrected chi connectivity index (χ4v) is 3.91. The van der Waals surface area contributed by atoms with Crippen LogP contribution < -0.4 is 0 Å². The van der Waals surface area contributed by atoms with Crippen LogP contribution in [0.1, 0.15) is 15.5 Å². The number of carbonyl (C=O) groups is 1. The zero-order chi connectivity index (χ0) is 11.9. The number of hydrogen-bond donors (Lipinski definition) is 1. The molecule has 0 atom stereocenters. The predicted octanol–water partition coefficient (Wildman–Crippen LogP) is 4.29. The Labute approximate surface area is 113 Å². The number of thiophene rings is 1. The van der Waals surface area contributed by atoms with Crippen molar-refractivity contribution in [1.82, 2.24) is 4.98 Å². The molecule has 0 amide bonds. The molecule has 84 valence electrons. The van der Waals surface area contributed by atoms with Crippen molar-refractivity contribution >= 4 is 56.2 Å². The standard InChI is InChI=1S/C9H5BrClNO2S2/c1-3-12-6(9(13)14)7(15-3)5-2-4(10)8(11)16-5/h2H,1H3,(H,13,14). The van der Waals surface area contributed by atoms with Gasteiger partial charge in [0.2, 0.25) is 0 Å². The Bertz CT molecular complexity index is 544. The first-order valence-corrected chi connectivity index (χ1v) is 6.95. The number of aromatic carboxylic acids is 1. The van der Waals surface area contributed by atoms with Crippen LogP contribution in [0.25, 0.3) is 9.75 Å². The summed E-state index contributed by atoms with van der Waals surface area (Å²) >= 11 is 11.9. The number of halogens is 2. The number of carboxylic acid groups (broad SMARTS) is 1. The van der Waals surface area contributed by atoms with Crippen LogP contribution in [0.4, 0.5) is 0 Å². The summed E-state index contributed by atoms with van der Waals surface area (Å²) in [6.07, 6.45) is 0. The third-order valence-electron chi connectivity index (χ3n) is 1.81. The second-order valence-corrected chi connectivity index (χ2v) is 6.66. The van der Waals surface area contributed by atoms with Gasteiger partial charge in [-0.1, -0.05) is 11.6 Å². The van der Waals surface area contributed by atoms with Gasteiger partial charge in [-0.3, -0.25) is 0 Å². The lowest BCUT2D eigenvalue weighted by molar-refractivity contribution is 0.0692. The molecule has 7 heteroatoms. The van der Waals surface area contributed by atoms with Crippen molar-refractivity contribution in [3.05, 3.63) is 25.6 Å². The van der Waals surface area contributed by atoms with Gasteiger partial charge in [0.25, 0.3) is 0 Å². The summed E-state index contributed by atoms with van der Waals surface area (Å²) in [5.74, 6) is -1.01. The largest absolute Gasteiger partial charge is 0.476 e. The van der Waals surface area contributed by atoms with Gasteiger partial charge in [-0.2, -0.15) is 0 Å². The number of aromatic nitrogens is 1. The van der Waals surface area contributed by atoms with E-state index in [1.54, 1.807) is 6.92 Å². The molecule has 3 nitrogen and oxygen atoms in total. The van der Waals surface area contributed by atoms with E-state index in [9.17, 15) is 4.79 Å². The average Bonchev–Trinajstić information content (AvgIpc) is 2.71. The maximum absolute atomic E-state index is 11.0. The van der Waals surface area contributed by atoms with Crippen LogP contribution in [0.5, 0.6) is 0 Å². The van der Waals surface area contributed by atoms with E-state index in [0.29, 0.717) is 9.21 Å².